The van der Waals surface area contributed by atoms with Crippen LogP contribution >= 0.6 is 0 Å². The summed E-state index contributed by atoms with van der Waals surface area (Å²) in [6, 6.07) is 89.2. The summed E-state index contributed by atoms with van der Waals surface area (Å²) in [7, 11) is 0. The van der Waals surface area contributed by atoms with E-state index in [4.69, 9.17) is 18.9 Å². The molecule has 0 aliphatic rings. The van der Waals surface area contributed by atoms with Crippen LogP contribution in [0.3, 0.4) is 0 Å². The van der Waals surface area contributed by atoms with Crippen LogP contribution in [-0.2, 0) is 9.47 Å². The van der Waals surface area contributed by atoms with Crippen LogP contribution in [0.1, 0.15) is 65.2 Å². The highest BCUT2D eigenvalue weighted by Crippen LogP contribution is 2.57. The van der Waals surface area contributed by atoms with Crippen LogP contribution in [0.25, 0.3) is 77.9 Å². The van der Waals surface area contributed by atoms with Crippen LogP contribution in [0.4, 0.5) is 0 Å². The molecule has 10 aromatic rings. The van der Waals surface area contributed by atoms with Gasteiger partial charge >= 0.3 is 0 Å². The fourth-order valence-corrected chi connectivity index (χ4v) is 9.63. The second kappa shape index (κ2) is 21.8. The van der Waals surface area contributed by atoms with Crippen molar-refractivity contribution in [1.29, 1.82) is 0 Å². The van der Waals surface area contributed by atoms with Crippen LogP contribution in [0.15, 0.2) is 255 Å². The van der Waals surface area contributed by atoms with Crippen molar-refractivity contribution in [2.45, 2.75) is 65.3 Å². The summed E-state index contributed by atoms with van der Waals surface area (Å²) in [5.41, 5.74) is 14.6. The van der Waals surface area contributed by atoms with Crippen molar-refractivity contribution in [3.63, 3.8) is 0 Å². The SMILES string of the molecule is CC(C)(C)OC(Oc1c(-c2ccccc2)cc(-c2cc(-c3ccccc3)c(OC(OC(C)(C)C)c3ccccc3)c(-c3ccccc3)c2-c2ccccc2)c(-c2ccccc2)c1-c1ccccc1)c1ccccc1. The average Bonchev–Trinajstić information content (AvgIpc) is 3.43. The third-order valence-corrected chi connectivity index (χ3v) is 12.8. The van der Waals surface area contributed by atoms with E-state index in [0.29, 0.717) is 11.5 Å². The molecular formula is C70H62O4. The maximum absolute atomic E-state index is 7.59. The van der Waals surface area contributed by atoms with E-state index < -0.39 is 23.8 Å². The topological polar surface area (TPSA) is 36.9 Å². The molecule has 0 bridgehead atoms. The summed E-state index contributed by atoms with van der Waals surface area (Å²) in [6.45, 7) is 12.4. The predicted octanol–water partition coefficient (Wildman–Crippen LogP) is 19.1. The first-order valence-corrected chi connectivity index (χ1v) is 25.5. The van der Waals surface area contributed by atoms with Gasteiger partial charge in [-0.05, 0) is 98.2 Å². The van der Waals surface area contributed by atoms with Gasteiger partial charge in [-0.2, -0.15) is 0 Å². The van der Waals surface area contributed by atoms with Crippen molar-refractivity contribution in [1.82, 2.24) is 0 Å². The molecule has 0 saturated heterocycles. The maximum atomic E-state index is 7.59. The van der Waals surface area contributed by atoms with Crippen LogP contribution in [-0.4, -0.2) is 11.2 Å². The molecule has 2 unspecified atom stereocenters. The molecule has 0 radical (unpaired) electrons. The maximum Gasteiger partial charge on any atom is 0.227 e. The molecule has 10 aromatic carbocycles. The van der Waals surface area contributed by atoms with Crippen molar-refractivity contribution >= 4 is 0 Å². The lowest BCUT2D eigenvalue weighted by Gasteiger charge is -2.32. The molecule has 0 aliphatic carbocycles. The van der Waals surface area contributed by atoms with Gasteiger partial charge in [-0.3, -0.25) is 0 Å². The van der Waals surface area contributed by atoms with Gasteiger partial charge in [0.1, 0.15) is 11.5 Å². The lowest BCUT2D eigenvalue weighted by atomic mass is 9.78. The molecule has 74 heavy (non-hydrogen) atoms. The summed E-state index contributed by atoms with van der Waals surface area (Å²) in [5.74, 6) is 1.42. The van der Waals surface area contributed by atoms with Gasteiger partial charge in [-0.25, -0.2) is 0 Å². The van der Waals surface area contributed by atoms with E-state index in [1.54, 1.807) is 0 Å². The van der Waals surface area contributed by atoms with E-state index in [1.807, 2.05) is 36.4 Å². The van der Waals surface area contributed by atoms with E-state index in [9.17, 15) is 0 Å². The molecule has 0 amide bonds. The summed E-state index contributed by atoms with van der Waals surface area (Å²) in [4.78, 5) is 0. The number of rotatable bonds is 15. The monoisotopic (exact) mass is 966 g/mol. The van der Waals surface area contributed by atoms with Crippen molar-refractivity contribution in [3.8, 4) is 89.4 Å². The Kier molecular flexibility index (Phi) is 14.5. The Labute approximate surface area is 437 Å². The van der Waals surface area contributed by atoms with E-state index >= 15 is 0 Å². The fraction of sp³-hybridized carbons (Fsp3) is 0.143. The fourth-order valence-electron chi connectivity index (χ4n) is 9.63. The zero-order valence-corrected chi connectivity index (χ0v) is 43.0. The Morgan fingerprint density at radius 3 is 0.743 bits per heavy atom. The van der Waals surface area contributed by atoms with Gasteiger partial charge in [0.15, 0.2) is 0 Å². The van der Waals surface area contributed by atoms with E-state index in [2.05, 4.69) is 260 Å². The first-order valence-electron chi connectivity index (χ1n) is 25.5. The van der Waals surface area contributed by atoms with Crippen molar-refractivity contribution < 1.29 is 18.9 Å². The van der Waals surface area contributed by atoms with Gasteiger partial charge in [0.25, 0.3) is 0 Å². The van der Waals surface area contributed by atoms with Gasteiger partial charge in [0.05, 0.1) is 11.2 Å². The summed E-state index contributed by atoms with van der Waals surface area (Å²) < 4.78 is 29.1. The molecule has 0 aliphatic heterocycles. The summed E-state index contributed by atoms with van der Waals surface area (Å²) >= 11 is 0. The third-order valence-electron chi connectivity index (χ3n) is 12.8. The largest absolute Gasteiger partial charge is 0.459 e. The van der Waals surface area contributed by atoms with Gasteiger partial charge in [-0.1, -0.05) is 243 Å². The number of benzene rings is 10. The van der Waals surface area contributed by atoms with Crippen molar-refractivity contribution in [2.24, 2.45) is 0 Å². The highest BCUT2D eigenvalue weighted by molar-refractivity contribution is 6.09. The molecule has 4 heteroatoms. The quantitative estimate of drug-likeness (QED) is 0.0960. The number of ether oxygens (including phenoxy) is 4. The Morgan fingerprint density at radius 2 is 0.486 bits per heavy atom. The molecule has 0 N–H and O–H groups in total. The molecule has 0 fully saturated rings. The van der Waals surface area contributed by atoms with Gasteiger partial charge < -0.3 is 18.9 Å². The molecule has 0 aromatic heterocycles. The Bertz CT molecular complexity index is 3170. The predicted molar refractivity (Wildman–Crippen MR) is 306 cm³/mol. The molecule has 0 heterocycles. The van der Waals surface area contributed by atoms with Gasteiger partial charge in [-0.15, -0.1) is 0 Å². The number of hydrogen-bond donors (Lipinski definition) is 0. The molecule has 10 rings (SSSR count). The second-order valence-electron chi connectivity index (χ2n) is 20.5. The van der Waals surface area contributed by atoms with Gasteiger partial charge in [0.2, 0.25) is 12.6 Å². The van der Waals surface area contributed by atoms with Gasteiger partial charge in [0, 0.05) is 44.5 Å². The smallest absolute Gasteiger partial charge is 0.227 e. The lowest BCUT2D eigenvalue weighted by Crippen LogP contribution is -2.26. The minimum atomic E-state index is -0.755. The van der Waals surface area contributed by atoms with E-state index in [-0.39, 0.29) is 0 Å². The summed E-state index contributed by atoms with van der Waals surface area (Å²) in [5, 5.41) is 0. The van der Waals surface area contributed by atoms with E-state index in [0.717, 1.165) is 89.0 Å². The normalized spacial score (nSPS) is 12.5. The molecular weight excluding hydrogens is 905 g/mol. The number of hydrogen-bond acceptors (Lipinski definition) is 4. The lowest BCUT2D eigenvalue weighted by molar-refractivity contribution is -0.154. The van der Waals surface area contributed by atoms with Crippen LogP contribution < -0.4 is 9.47 Å². The summed E-state index contributed by atoms with van der Waals surface area (Å²) in [6.07, 6.45) is -1.51. The minimum absolute atomic E-state index is 0.546. The minimum Gasteiger partial charge on any atom is -0.459 e. The molecule has 4 nitrogen and oxygen atoms in total. The standard InChI is InChI=1S/C70H62O4/c1-69(2,3)73-67(55-43-27-13-28-44-55)71-65-57(49-31-15-7-16-32-49)47-59(61(51-35-19-9-20-36-51)63(65)53-39-23-11-24-40-53)60-48-58(50-33-17-8-18-34-50)66(72-68(74-70(4,5)6)56-45-29-14-30-46-56)64(54-41-25-12-26-42-54)62(60)52-37-21-10-22-38-52/h7-48,67-68H,1-6H3. The Hall–Kier alpha value is -8.28. The highest BCUT2D eigenvalue weighted by Gasteiger charge is 2.33. The van der Waals surface area contributed by atoms with Crippen LogP contribution in [0, 0.1) is 0 Å². The third kappa shape index (κ3) is 11.2. The van der Waals surface area contributed by atoms with E-state index in [1.165, 1.54) is 0 Å². The average molecular weight is 967 g/mol. The molecule has 0 saturated carbocycles. The molecule has 0 spiro atoms. The van der Waals surface area contributed by atoms with Crippen LogP contribution in [0.5, 0.6) is 11.5 Å². The Morgan fingerprint density at radius 1 is 0.257 bits per heavy atom. The first-order chi connectivity index (χ1) is 36.0. The Balaban J connectivity index is 1.41. The second-order valence-corrected chi connectivity index (χ2v) is 20.5. The first kappa shape index (κ1) is 49.3. The zero-order chi connectivity index (χ0) is 51.1. The highest BCUT2D eigenvalue weighted by atomic mass is 16.7. The van der Waals surface area contributed by atoms with Crippen molar-refractivity contribution in [3.05, 3.63) is 266 Å². The molecule has 366 valence electrons. The van der Waals surface area contributed by atoms with Crippen molar-refractivity contribution in [2.75, 3.05) is 0 Å². The van der Waals surface area contributed by atoms with Crippen LogP contribution in [0.2, 0.25) is 0 Å². The molecule has 2 atom stereocenters. The zero-order valence-electron chi connectivity index (χ0n) is 43.0.